The molecule has 1 atom stereocenters. The van der Waals surface area contributed by atoms with Crippen molar-refractivity contribution in [3.63, 3.8) is 0 Å². The van der Waals surface area contributed by atoms with Gasteiger partial charge in [-0.05, 0) is 82.8 Å². The Morgan fingerprint density at radius 3 is 2.58 bits per heavy atom. The first kappa shape index (κ1) is 21.0. The average molecular weight is 436 g/mol. The summed E-state index contributed by atoms with van der Waals surface area (Å²) < 4.78 is 30.9. The van der Waals surface area contributed by atoms with E-state index in [1.807, 2.05) is 37.3 Å². The monoisotopic (exact) mass is 435 g/mol. The summed E-state index contributed by atoms with van der Waals surface area (Å²) in [6.45, 7) is 2.26. The van der Waals surface area contributed by atoms with E-state index >= 15 is 0 Å². The number of benzene rings is 2. The maximum absolute atomic E-state index is 14.0. The zero-order valence-corrected chi connectivity index (χ0v) is 18.1. The highest BCUT2D eigenvalue weighted by Gasteiger charge is 2.25. The lowest BCUT2D eigenvalue weighted by Crippen LogP contribution is -2.22. The molecule has 1 heterocycles. The van der Waals surface area contributed by atoms with Gasteiger partial charge in [0.25, 0.3) is 0 Å². The molecule has 0 saturated carbocycles. The zero-order chi connectivity index (χ0) is 22.0. The molecule has 1 aliphatic rings. The number of amides is 1. The average Bonchev–Trinajstić information content (AvgIpc) is 3.35. The SMILES string of the molecule is CC1=C(CC(=O)NCc2ccco2)c2cc(F)ccc2/C1=C/c1ccc([S@](C)=O)cc1. The Labute approximate surface area is 182 Å². The van der Waals surface area contributed by atoms with E-state index < -0.39 is 10.8 Å². The van der Waals surface area contributed by atoms with Gasteiger partial charge in [0, 0.05) is 22.0 Å². The van der Waals surface area contributed by atoms with Crippen LogP contribution in [-0.2, 0) is 22.1 Å². The lowest BCUT2D eigenvalue weighted by molar-refractivity contribution is -0.120. The van der Waals surface area contributed by atoms with Crippen LogP contribution in [0.2, 0.25) is 0 Å². The number of rotatable bonds is 6. The molecule has 4 rings (SSSR count). The van der Waals surface area contributed by atoms with E-state index in [0.29, 0.717) is 12.3 Å². The van der Waals surface area contributed by atoms with E-state index in [2.05, 4.69) is 5.32 Å². The summed E-state index contributed by atoms with van der Waals surface area (Å²) in [6.07, 6.45) is 5.37. The van der Waals surface area contributed by atoms with Gasteiger partial charge in [0.2, 0.25) is 5.91 Å². The van der Waals surface area contributed by atoms with Crippen molar-refractivity contribution in [2.24, 2.45) is 0 Å². The Morgan fingerprint density at radius 2 is 1.90 bits per heavy atom. The van der Waals surface area contributed by atoms with Crippen molar-refractivity contribution in [3.8, 4) is 0 Å². The summed E-state index contributed by atoms with van der Waals surface area (Å²) in [5.74, 6) is 0.182. The molecule has 2 aromatic carbocycles. The van der Waals surface area contributed by atoms with Crippen LogP contribution >= 0.6 is 0 Å². The number of hydrogen-bond donors (Lipinski definition) is 1. The van der Waals surface area contributed by atoms with E-state index in [0.717, 1.165) is 38.3 Å². The third-order valence-corrected chi connectivity index (χ3v) is 6.29. The van der Waals surface area contributed by atoms with Gasteiger partial charge in [0.1, 0.15) is 11.6 Å². The zero-order valence-electron chi connectivity index (χ0n) is 17.3. The molecular formula is C25H22FNO3S. The highest BCUT2D eigenvalue weighted by Crippen LogP contribution is 2.43. The first-order chi connectivity index (χ1) is 14.9. The quantitative estimate of drug-likeness (QED) is 0.580. The molecule has 3 aromatic rings. The van der Waals surface area contributed by atoms with Crippen LogP contribution in [0.5, 0.6) is 0 Å². The second kappa shape index (κ2) is 8.86. The summed E-state index contributed by atoms with van der Waals surface area (Å²) in [5, 5.41) is 2.85. The highest BCUT2D eigenvalue weighted by atomic mass is 32.2. The molecule has 1 aromatic heterocycles. The normalized spacial score (nSPS) is 15.3. The summed E-state index contributed by atoms with van der Waals surface area (Å²) >= 11 is 0. The fourth-order valence-corrected chi connectivity index (χ4v) is 4.25. The van der Waals surface area contributed by atoms with E-state index in [4.69, 9.17) is 4.42 Å². The van der Waals surface area contributed by atoms with Gasteiger partial charge in [-0.1, -0.05) is 18.2 Å². The van der Waals surface area contributed by atoms with Crippen LogP contribution in [0.25, 0.3) is 17.2 Å². The van der Waals surface area contributed by atoms with Gasteiger partial charge >= 0.3 is 0 Å². The summed E-state index contributed by atoms with van der Waals surface area (Å²) in [7, 11) is -1.04. The molecule has 158 valence electrons. The second-order valence-electron chi connectivity index (χ2n) is 7.41. The van der Waals surface area contributed by atoms with Crippen LogP contribution in [0.4, 0.5) is 4.39 Å². The molecule has 31 heavy (non-hydrogen) atoms. The van der Waals surface area contributed by atoms with Gasteiger partial charge in [-0.15, -0.1) is 0 Å². The van der Waals surface area contributed by atoms with Crippen molar-refractivity contribution in [1.29, 1.82) is 0 Å². The molecular weight excluding hydrogens is 413 g/mol. The second-order valence-corrected chi connectivity index (χ2v) is 8.79. The predicted octanol–water partition coefficient (Wildman–Crippen LogP) is 5.19. The van der Waals surface area contributed by atoms with Gasteiger partial charge in [0.05, 0.1) is 19.2 Å². The number of allylic oxidation sites excluding steroid dienone is 2. The first-order valence-corrected chi connectivity index (χ1v) is 11.4. The van der Waals surface area contributed by atoms with Crippen LogP contribution in [0.1, 0.15) is 35.8 Å². The third kappa shape index (κ3) is 4.59. The number of carbonyl (C=O) groups is 1. The Bertz CT molecular complexity index is 1210. The molecule has 0 spiro atoms. The minimum absolute atomic E-state index is 0.147. The number of halogens is 1. The number of hydrogen-bond acceptors (Lipinski definition) is 3. The summed E-state index contributed by atoms with van der Waals surface area (Å²) in [4.78, 5) is 13.3. The van der Waals surface area contributed by atoms with Gasteiger partial charge in [-0.25, -0.2) is 4.39 Å². The van der Waals surface area contributed by atoms with Crippen LogP contribution in [0.15, 0.2) is 75.7 Å². The molecule has 0 radical (unpaired) electrons. The molecule has 0 aliphatic heterocycles. The van der Waals surface area contributed by atoms with Crippen molar-refractivity contribution < 1.29 is 17.8 Å². The molecule has 4 nitrogen and oxygen atoms in total. The molecule has 1 aliphatic carbocycles. The molecule has 0 unspecified atom stereocenters. The van der Waals surface area contributed by atoms with Crippen LogP contribution in [0, 0.1) is 5.82 Å². The smallest absolute Gasteiger partial charge is 0.224 e. The molecule has 0 bridgehead atoms. The van der Waals surface area contributed by atoms with Gasteiger partial charge in [-0.3, -0.25) is 9.00 Å². The lowest BCUT2D eigenvalue weighted by Gasteiger charge is -2.07. The van der Waals surface area contributed by atoms with Crippen molar-refractivity contribution in [2.75, 3.05) is 6.26 Å². The largest absolute Gasteiger partial charge is 0.467 e. The fraction of sp³-hybridized carbons (Fsp3) is 0.160. The highest BCUT2D eigenvalue weighted by molar-refractivity contribution is 7.84. The molecule has 0 saturated heterocycles. The third-order valence-electron chi connectivity index (χ3n) is 5.35. The van der Waals surface area contributed by atoms with Crippen molar-refractivity contribution in [3.05, 3.63) is 94.7 Å². The van der Waals surface area contributed by atoms with Crippen LogP contribution in [-0.4, -0.2) is 16.4 Å². The van der Waals surface area contributed by atoms with Gasteiger partial charge < -0.3 is 9.73 Å². The van der Waals surface area contributed by atoms with Gasteiger partial charge in [0.15, 0.2) is 0 Å². The van der Waals surface area contributed by atoms with Crippen LogP contribution < -0.4 is 5.32 Å². The summed E-state index contributed by atoms with van der Waals surface area (Å²) in [5.41, 5.74) is 5.29. The topological polar surface area (TPSA) is 59.3 Å². The van der Waals surface area contributed by atoms with Gasteiger partial charge in [-0.2, -0.15) is 0 Å². The van der Waals surface area contributed by atoms with Crippen molar-refractivity contribution >= 4 is 33.9 Å². The Balaban J connectivity index is 1.64. The van der Waals surface area contributed by atoms with E-state index in [1.54, 1.807) is 30.7 Å². The van der Waals surface area contributed by atoms with E-state index in [-0.39, 0.29) is 18.1 Å². The van der Waals surface area contributed by atoms with E-state index in [1.165, 1.54) is 12.1 Å². The fourth-order valence-electron chi connectivity index (χ4n) is 3.73. The number of furan rings is 1. The van der Waals surface area contributed by atoms with Crippen molar-refractivity contribution in [1.82, 2.24) is 5.32 Å². The lowest BCUT2D eigenvalue weighted by atomic mass is 10.0. The maximum atomic E-state index is 14.0. The Morgan fingerprint density at radius 1 is 1.13 bits per heavy atom. The first-order valence-electron chi connectivity index (χ1n) is 9.87. The molecule has 1 amide bonds. The van der Waals surface area contributed by atoms with Crippen LogP contribution in [0.3, 0.4) is 0 Å². The van der Waals surface area contributed by atoms with Crippen molar-refractivity contribution in [2.45, 2.75) is 24.8 Å². The minimum Gasteiger partial charge on any atom is -0.467 e. The number of carbonyl (C=O) groups excluding carboxylic acids is 1. The number of nitrogens with one attached hydrogen (secondary N) is 1. The number of fused-ring (bicyclic) bond motifs is 1. The standard InChI is InChI=1S/C25H22FNO3S/c1-16-22(12-17-5-8-20(9-6-17)31(2)29)21-10-7-18(26)13-24(21)23(16)14-25(28)27-15-19-4-3-11-30-19/h3-13H,14-15H2,1-2H3,(H,27,28)/b22-12+/t31-/m0/s1. The predicted molar refractivity (Wildman–Crippen MR) is 121 cm³/mol. The minimum atomic E-state index is -1.04. The molecule has 1 N–H and O–H groups in total. The summed E-state index contributed by atoms with van der Waals surface area (Å²) in [6, 6.07) is 15.7. The Hall–Kier alpha value is -3.25. The maximum Gasteiger partial charge on any atom is 0.224 e. The Kier molecular flexibility index (Phi) is 6.00. The molecule has 6 heteroatoms. The molecule has 0 fully saturated rings. The van der Waals surface area contributed by atoms with E-state index in [9.17, 15) is 13.4 Å².